The summed E-state index contributed by atoms with van der Waals surface area (Å²) in [6.45, 7) is 2.98. The summed E-state index contributed by atoms with van der Waals surface area (Å²) in [5.74, 6) is 0. The van der Waals surface area contributed by atoms with Crippen LogP contribution in [0.25, 0.3) is 32.3 Å². The number of anilines is 2. The molecule has 0 aliphatic carbocycles. The molecule has 0 saturated heterocycles. The number of rotatable bonds is 2. The molecular weight excluding hydrogens is 362 g/mol. The maximum atomic E-state index is 12.7. The van der Waals surface area contributed by atoms with Gasteiger partial charge in [-0.2, -0.15) is 0 Å². The van der Waals surface area contributed by atoms with E-state index in [2.05, 4.69) is 11.9 Å². The average Bonchev–Trinajstić information content (AvgIpc) is 2.98. The first-order valence-electron chi connectivity index (χ1n) is 8.63. The Bertz CT molecular complexity index is 1310. The molecule has 0 bridgehead atoms. The Morgan fingerprint density at radius 1 is 0.821 bits per heavy atom. The highest BCUT2D eigenvalue weighted by Crippen LogP contribution is 2.30. The predicted octanol–water partition coefficient (Wildman–Crippen LogP) is 0.998. The minimum absolute atomic E-state index is 0.116. The third-order valence-electron chi connectivity index (χ3n) is 4.54. The van der Waals surface area contributed by atoms with Crippen LogP contribution >= 0.6 is 0 Å². The minimum Gasteiger partial charge on any atom is -0.397 e. The van der Waals surface area contributed by atoms with Crippen LogP contribution in [0.1, 0.15) is 13.3 Å². The third-order valence-corrected chi connectivity index (χ3v) is 4.54. The van der Waals surface area contributed by atoms with Crippen molar-refractivity contribution in [2.45, 2.75) is 13.3 Å². The third kappa shape index (κ3) is 2.74. The van der Waals surface area contributed by atoms with E-state index in [4.69, 9.17) is 16.2 Å². The van der Waals surface area contributed by atoms with E-state index in [1.54, 1.807) is 19.2 Å². The molecule has 1 heterocycles. The van der Waals surface area contributed by atoms with Crippen molar-refractivity contribution in [2.75, 3.05) is 25.2 Å². The lowest BCUT2D eigenvalue weighted by Crippen LogP contribution is -2.17. The standard InChI is InChI=1S/C16H9N3O4.C4H10O/c17-11-7-8(12(18)10-9(11)15(22)19-16(10)23)14(21)6-4-2-1-3-5(6)13(7)20;1-3-4-5-2/h1-4H,17-18H2,(H,19,22,23);3-4H2,1-2H3. The highest BCUT2D eigenvalue weighted by Gasteiger charge is 2.22. The Kier molecular flexibility index (Phi) is 4.98. The maximum Gasteiger partial charge on any atom is 0.261 e. The Morgan fingerprint density at radius 2 is 1.25 bits per heavy atom. The molecule has 0 fully saturated rings. The lowest BCUT2D eigenvalue weighted by atomic mass is 9.97. The van der Waals surface area contributed by atoms with Crippen LogP contribution in [-0.2, 0) is 4.74 Å². The van der Waals surface area contributed by atoms with E-state index in [0.29, 0.717) is 0 Å². The van der Waals surface area contributed by atoms with Crippen LogP contribution in [0.3, 0.4) is 0 Å². The quantitative estimate of drug-likeness (QED) is 0.267. The van der Waals surface area contributed by atoms with E-state index < -0.39 is 22.0 Å². The fourth-order valence-corrected chi connectivity index (χ4v) is 3.31. The minimum atomic E-state index is -0.726. The van der Waals surface area contributed by atoms with Crippen LogP contribution in [0.15, 0.2) is 43.4 Å². The van der Waals surface area contributed by atoms with Gasteiger partial charge in [-0.15, -0.1) is 0 Å². The Balaban J connectivity index is 0.000000403. The highest BCUT2D eigenvalue weighted by molar-refractivity contribution is 6.20. The number of aromatic nitrogens is 1. The molecule has 0 spiro atoms. The molecule has 8 heteroatoms. The molecule has 4 aromatic rings. The number of H-pyrrole nitrogens is 1. The van der Waals surface area contributed by atoms with Gasteiger partial charge in [0, 0.05) is 24.5 Å². The summed E-state index contributed by atoms with van der Waals surface area (Å²) < 4.78 is 4.69. The molecule has 0 saturated carbocycles. The second-order valence-electron chi connectivity index (χ2n) is 6.31. The fourth-order valence-electron chi connectivity index (χ4n) is 3.31. The molecule has 0 amide bonds. The summed E-state index contributed by atoms with van der Waals surface area (Å²) in [4.78, 5) is 51.3. The molecule has 5 N–H and O–H groups in total. The monoisotopic (exact) mass is 381 g/mol. The van der Waals surface area contributed by atoms with Crippen molar-refractivity contribution >= 4 is 43.7 Å². The molecule has 3 aromatic carbocycles. The predicted molar refractivity (Wildman–Crippen MR) is 112 cm³/mol. The number of nitrogens with two attached hydrogens (primary N) is 2. The highest BCUT2D eigenvalue weighted by atomic mass is 16.5. The Morgan fingerprint density at radius 3 is 1.57 bits per heavy atom. The van der Waals surface area contributed by atoms with Crippen molar-refractivity contribution in [1.29, 1.82) is 0 Å². The second kappa shape index (κ2) is 7.24. The van der Waals surface area contributed by atoms with Gasteiger partial charge in [-0.05, 0) is 6.42 Å². The van der Waals surface area contributed by atoms with E-state index in [1.807, 2.05) is 0 Å². The van der Waals surface area contributed by atoms with Crippen molar-refractivity contribution in [1.82, 2.24) is 4.98 Å². The second-order valence-corrected chi connectivity index (χ2v) is 6.31. The van der Waals surface area contributed by atoms with Crippen molar-refractivity contribution in [3.8, 4) is 0 Å². The van der Waals surface area contributed by atoms with Crippen LogP contribution < -0.4 is 33.4 Å². The lowest BCUT2D eigenvalue weighted by molar-refractivity contribution is 0.199. The largest absolute Gasteiger partial charge is 0.397 e. The molecule has 28 heavy (non-hydrogen) atoms. The van der Waals surface area contributed by atoms with Gasteiger partial charge >= 0.3 is 0 Å². The SMILES string of the molecule is CCCOC.Nc1c2c(=O)[nH]c(=O)c2c(N)c2c(=O)c3ccccc3c(=O)c12. The van der Waals surface area contributed by atoms with E-state index in [9.17, 15) is 19.2 Å². The normalized spacial score (nSPS) is 11.1. The van der Waals surface area contributed by atoms with Crippen LogP contribution in [-0.4, -0.2) is 18.7 Å². The maximum absolute atomic E-state index is 12.7. The number of nitrogens with one attached hydrogen (secondary N) is 1. The molecule has 0 atom stereocenters. The number of fused-ring (bicyclic) bond motifs is 3. The summed E-state index contributed by atoms with van der Waals surface area (Å²) in [5, 5.41) is -0.135. The smallest absolute Gasteiger partial charge is 0.261 e. The van der Waals surface area contributed by atoms with Crippen molar-refractivity contribution < 1.29 is 4.74 Å². The van der Waals surface area contributed by atoms with Crippen molar-refractivity contribution in [3.05, 3.63) is 65.4 Å². The van der Waals surface area contributed by atoms with E-state index in [0.717, 1.165) is 13.0 Å². The summed E-state index contributed by atoms with van der Waals surface area (Å²) >= 11 is 0. The molecule has 0 aliphatic rings. The molecule has 1 aromatic heterocycles. The first kappa shape index (κ1) is 19.2. The summed E-state index contributed by atoms with van der Waals surface area (Å²) in [5.41, 5.74) is 9.07. The van der Waals surface area contributed by atoms with Gasteiger partial charge in [0.25, 0.3) is 11.1 Å². The average molecular weight is 381 g/mol. The van der Waals surface area contributed by atoms with Gasteiger partial charge in [0.15, 0.2) is 10.9 Å². The van der Waals surface area contributed by atoms with Gasteiger partial charge in [-0.3, -0.25) is 24.2 Å². The molecule has 144 valence electrons. The van der Waals surface area contributed by atoms with Gasteiger partial charge in [0.1, 0.15) is 0 Å². The molecule has 8 nitrogen and oxygen atoms in total. The van der Waals surface area contributed by atoms with Crippen molar-refractivity contribution in [2.24, 2.45) is 0 Å². The number of hydrogen-bond acceptors (Lipinski definition) is 7. The topological polar surface area (TPSA) is 145 Å². The van der Waals surface area contributed by atoms with Gasteiger partial charge in [0.05, 0.1) is 32.9 Å². The number of benzene rings is 3. The summed E-state index contributed by atoms with van der Waals surface area (Å²) in [7, 11) is 1.71. The number of nitrogen functional groups attached to an aromatic ring is 2. The van der Waals surface area contributed by atoms with E-state index >= 15 is 0 Å². The zero-order valence-corrected chi connectivity index (χ0v) is 15.4. The summed E-state index contributed by atoms with van der Waals surface area (Å²) in [6.07, 6.45) is 1.12. The number of hydrogen-bond donors (Lipinski definition) is 3. The van der Waals surface area contributed by atoms with Crippen LogP contribution in [0.2, 0.25) is 0 Å². The molecule has 0 aliphatic heterocycles. The Hall–Kier alpha value is -3.52. The van der Waals surface area contributed by atoms with Gasteiger partial charge in [0.2, 0.25) is 0 Å². The molecule has 0 radical (unpaired) electrons. The molecule has 4 rings (SSSR count). The first-order valence-corrected chi connectivity index (χ1v) is 8.63. The van der Waals surface area contributed by atoms with Gasteiger partial charge in [-0.25, -0.2) is 0 Å². The Labute approximate surface area is 158 Å². The summed E-state index contributed by atoms with van der Waals surface area (Å²) in [6, 6.07) is 6.26. The number of methoxy groups -OCH3 is 1. The van der Waals surface area contributed by atoms with Gasteiger partial charge < -0.3 is 16.2 Å². The van der Waals surface area contributed by atoms with Crippen LogP contribution in [0, 0.1) is 0 Å². The van der Waals surface area contributed by atoms with Gasteiger partial charge in [-0.1, -0.05) is 31.2 Å². The van der Waals surface area contributed by atoms with E-state index in [1.165, 1.54) is 12.1 Å². The zero-order valence-electron chi connectivity index (χ0n) is 15.4. The molecular formula is C20H19N3O5. The fraction of sp³-hybridized carbons (Fsp3) is 0.200. The van der Waals surface area contributed by atoms with E-state index in [-0.39, 0.29) is 43.7 Å². The number of ether oxygens (including phenoxy) is 1. The molecule has 0 unspecified atom stereocenters. The first-order chi connectivity index (χ1) is 13.3. The van der Waals surface area contributed by atoms with Crippen LogP contribution in [0.4, 0.5) is 11.4 Å². The van der Waals surface area contributed by atoms with Crippen molar-refractivity contribution in [3.63, 3.8) is 0 Å². The number of aromatic amines is 1. The lowest BCUT2D eigenvalue weighted by Gasteiger charge is -2.07. The zero-order chi connectivity index (χ0) is 20.6. The van der Waals surface area contributed by atoms with Crippen LogP contribution in [0.5, 0.6) is 0 Å².